The Hall–Kier alpha value is -3.00. The number of hydrogen-bond acceptors (Lipinski definition) is 4. The first-order valence-corrected chi connectivity index (χ1v) is 10.6. The number of carbonyl (C=O) groups excluding carboxylic acids is 1. The van der Waals surface area contributed by atoms with Crippen LogP contribution >= 0.6 is 11.6 Å². The number of benzene rings is 2. The van der Waals surface area contributed by atoms with Gasteiger partial charge in [-0.05, 0) is 75.6 Å². The Labute approximate surface area is 195 Å². The quantitative estimate of drug-likeness (QED) is 0.508. The van der Waals surface area contributed by atoms with E-state index in [0.29, 0.717) is 21.8 Å². The molecule has 2 N–H and O–H groups in total. The van der Waals surface area contributed by atoms with E-state index in [4.69, 9.17) is 16.3 Å². The molecule has 1 heterocycles. The van der Waals surface area contributed by atoms with E-state index in [9.17, 15) is 18.0 Å². The number of ether oxygens (including phenoxy) is 1. The summed E-state index contributed by atoms with van der Waals surface area (Å²) in [7, 11) is 0. The summed E-state index contributed by atoms with van der Waals surface area (Å²) in [5.74, 6) is 0.119. The highest BCUT2D eigenvalue weighted by Crippen LogP contribution is 2.47. The fourth-order valence-electron chi connectivity index (χ4n) is 3.46. The zero-order valence-electron chi connectivity index (χ0n) is 18.9. The molecule has 2 aromatic rings. The predicted molar refractivity (Wildman–Crippen MR) is 124 cm³/mol. The van der Waals surface area contributed by atoms with E-state index in [2.05, 4.69) is 15.6 Å². The zero-order valence-corrected chi connectivity index (χ0v) is 19.7. The number of aryl methyl sites for hydroxylation is 1. The van der Waals surface area contributed by atoms with Crippen LogP contribution in [0.3, 0.4) is 0 Å². The molecule has 0 aliphatic carbocycles. The molecule has 0 saturated carbocycles. The van der Waals surface area contributed by atoms with Gasteiger partial charge in [-0.2, -0.15) is 13.2 Å². The lowest BCUT2D eigenvalue weighted by atomic mass is 9.85. The van der Waals surface area contributed by atoms with E-state index in [-0.39, 0.29) is 17.1 Å². The van der Waals surface area contributed by atoms with Crippen molar-refractivity contribution < 1.29 is 22.7 Å². The normalized spacial score (nSPS) is 18.7. The molecule has 0 radical (unpaired) electrons. The zero-order chi connectivity index (χ0) is 24.6. The van der Waals surface area contributed by atoms with Gasteiger partial charge in [0.15, 0.2) is 0 Å². The smallest absolute Gasteiger partial charge is 0.421 e. The summed E-state index contributed by atoms with van der Waals surface area (Å²) in [5.41, 5.74) is -1.78. The van der Waals surface area contributed by atoms with E-state index < -0.39 is 23.4 Å². The molecular formula is C24H25ClF3N3O2. The van der Waals surface area contributed by atoms with Gasteiger partial charge in [-0.1, -0.05) is 35.9 Å². The number of aliphatic imine (C=N–C) groups is 1. The Balaban J connectivity index is 2.05. The summed E-state index contributed by atoms with van der Waals surface area (Å²) in [6.07, 6.45) is -4.34. The Kier molecular flexibility index (Phi) is 6.53. The molecule has 0 saturated heterocycles. The molecular weight excluding hydrogens is 455 g/mol. The van der Waals surface area contributed by atoms with E-state index >= 15 is 0 Å². The van der Waals surface area contributed by atoms with Crippen LogP contribution in [0, 0.1) is 6.92 Å². The van der Waals surface area contributed by atoms with Crippen molar-refractivity contribution >= 4 is 34.9 Å². The molecule has 2 aromatic carbocycles. The molecule has 3 rings (SSSR count). The second kappa shape index (κ2) is 8.74. The van der Waals surface area contributed by atoms with E-state index in [0.717, 1.165) is 6.08 Å². The van der Waals surface area contributed by atoms with Crippen molar-refractivity contribution in [3.63, 3.8) is 0 Å². The van der Waals surface area contributed by atoms with Crippen LogP contribution in [0.15, 0.2) is 53.5 Å². The lowest BCUT2D eigenvalue weighted by Crippen LogP contribution is -2.44. The number of nitrogens with one attached hydrogen (secondary N) is 2. The molecule has 5 nitrogen and oxygen atoms in total. The molecule has 176 valence electrons. The van der Waals surface area contributed by atoms with Gasteiger partial charge in [0, 0.05) is 16.4 Å². The van der Waals surface area contributed by atoms with Crippen molar-refractivity contribution in [3.05, 3.63) is 70.3 Å². The van der Waals surface area contributed by atoms with Gasteiger partial charge in [-0.25, -0.2) is 9.79 Å². The maximum atomic E-state index is 14.5. The highest BCUT2D eigenvalue weighted by molar-refractivity contribution is 6.30. The molecule has 0 spiro atoms. The highest BCUT2D eigenvalue weighted by atomic mass is 35.5. The average molecular weight is 480 g/mol. The predicted octanol–water partition coefficient (Wildman–Crippen LogP) is 6.82. The maximum Gasteiger partial charge on any atom is 0.421 e. The summed E-state index contributed by atoms with van der Waals surface area (Å²) < 4.78 is 48.9. The van der Waals surface area contributed by atoms with E-state index in [1.165, 1.54) is 25.1 Å². The standard InChI is InChI=1S/C24H25ClF3N3O2/c1-14-12-17(8-11-19(14)30-21(32)33-22(3,4)5)23(24(26,27)28)13-20(29-15(2)31-23)16-6-9-18(25)10-7-16/h6-13H,1-5H3,(H,29,31)(H,30,32). The molecule has 0 aromatic heterocycles. The second-order valence-corrected chi connectivity index (χ2v) is 9.24. The molecule has 1 amide bonds. The van der Waals surface area contributed by atoms with Crippen LogP contribution in [-0.4, -0.2) is 23.7 Å². The van der Waals surface area contributed by atoms with Crippen LogP contribution in [0.25, 0.3) is 5.70 Å². The van der Waals surface area contributed by atoms with Crippen molar-refractivity contribution in [2.75, 3.05) is 5.32 Å². The van der Waals surface area contributed by atoms with Gasteiger partial charge in [-0.3, -0.25) is 5.32 Å². The van der Waals surface area contributed by atoms with Gasteiger partial charge in [0.25, 0.3) is 0 Å². The fourth-order valence-corrected chi connectivity index (χ4v) is 3.59. The first-order chi connectivity index (χ1) is 15.2. The van der Waals surface area contributed by atoms with Crippen LogP contribution < -0.4 is 10.6 Å². The largest absolute Gasteiger partial charge is 0.444 e. The Bertz CT molecular complexity index is 1120. The Morgan fingerprint density at radius 1 is 1.09 bits per heavy atom. The number of amidine groups is 1. The summed E-state index contributed by atoms with van der Waals surface area (Å²) in [6.45, 7) is 8.25. The van der Waals surface area contributed by atoms with Crippen LogP contribution in [0.1, 0.15) is 44.4 Å². The van der Waals surface area contributed by atoms with E-state index in [1.54, 1.807) is 52.0 Å². The minimum atomic E-state index is -4.72. The topological polar surface area (TPSA) is 62.7 Å². The van der Waals surface area contributed by atoms with Crippen molar-refractivity contribution in [2.45, 2.75) is 51.9 Å². The number of anilines is 1. The lowest BCUT2D eigenvalue weighted by Gasteiger charge is -2.35. The maximum absolute atomic E-state index is 14.5. The lowest BCUT2D eigenvalue weighted by molar-refractivity contribution is -0.174. The number of nitrogens with zero attached hydrogens (tertiary/aromatic N) is 1. The third-order valence-electron chi connectivity index (χ3n) is 4.90. The van der Waals surface area contributed by atoms with Crippen LogP contribution in [-0.2, 0) is 10.3 Å². The minimum Gasteiger partial charge on any atom is -0.444 e. The number of carbonyl (C=O) groups is 1. The summed E-state index contributed by atoms with van der Waals surface area (Å²) in [5, 5.41) is 5.97. The second-order valence-electron chi connectivity index (χ2n) is 8.81. The van der Waals surface area contributed by atoms with Gasteiger partial charge in [0.05, 0.1) is 5.84 Å². The average Bonchev–Trinajstić information content (AvgIpc) is 2.67. The van der Waals surface area contributed by atoms with Crippen molar-refractivity contribution in [1.82, 2.24) is 5.32 Å². The van der Waals surface area contributed by atoms with Gasteiger partial charge in [0.1, 0.15) is 5.60 Å². The summed E-state index contributed by atoms with van der Waals surface area (Å²) in [4.78, 5) is 16.1. The summed E-state index contributed by atoms with van der Waals surface area (Å²) >= 11 is 5.92. The number of alkyl halides is 3. The molecule has 1 unspecified atom stereocenters. The Morgan fingerprint density at radius 3 is 2.27 bits per heavy atom. The first kappa shape index (κ1) is 24.6. The van der Waals surface area contributed by atoms with Crippen LogP contribution in [0.5, 0.6) is 0 Å². The van der Waals surface area contributed by atoms with Gasteiger partial charge in [-0.15, -0.1) is 0 Å². The molecule has 1 aliphatic heterocycles. The third kappa shape index (κ3) is 5.50. The third-order valence-corrected chi connectivity index (χ3v) is 5.15. The van der Waals surface area contributed by atoms with Crippen molar-refractivity contribution in [1.29, 1.82) is 0 Å². The molecule has 1 aliphatic rings. The number of amides is 1. The molecule has 0 fully saturated rings. The number of rotatable bonds is 3. The SMILES string of the molecule is CC1=NC(c2ccc(NC(=O)OC(C)(C)C)c(C)c2)(C(F)(F)F)C=C(c2ccc(Cl)cc2)N1. The minimum absolute atomic E-state index is 0.0745. The molecule has 1 atom stereocenters. The number of hydrogen-bond donors (Lipinski definition) is 2. The molecule has 9 heteroatoms. The molecule has 33 heavy (non-hydrogen) atoms. The van der Waals surface area contributed by atoms with Gasteiger partial charge >= 0.3 is 12.3 Å². The fraction of sp³-hybridized carbons (Fsp3) is 0.333. The highest BCUT2D eigenvalue weighted by Gasteiger charge is 2.56. The number of halogens is 4. The van der Waals surface area contributed by atoms with Crippen molar-refractivity contribution in [2.24, 2.45) is 4.99 Å². The first-order valence-electron chi connectivity index (χ1n) is 10.2. The summed E-state index contributed by atoms with van der Waals surface area (Å²) in [6, 6.07) is 10.6. The molecule has 0 bridgehead atoms. The van der Waals surface area contributed by atoms with Gasteiger partial charge < -0.3 is 10.1 Å². The monoisotopic (exact) mass is 479 g/mol. The van der Waals surface area contributed by atoms with E-state index in [1.807, 2.05) is 0 Å². The van der Waals surface area contributed by atoms with Gasteiger partial charge in [0.2, 0.25) is 5.54 Å². The van der Waals surface area contributed by atoms with Crippen LogP contribution in [0.4, 0.5) is 23.7 Å². The van der Waals surface area contributed by atoms with Crippen molar-refractivity contribution in [3.8, 4) is 0 Å². The Morgan fingerprint density at radius 2 is 1.73 bits per heavy atom. The van der Waals surface area contributed by atoms with Crippen LogP contribution in [0.2, 0.25) is 5.02 Å².